The molecule has 2 rings (SSSR count). The topological polar surface area (TPSA) is 38.0 Å². The van der Waals surface area contributed by atoms with E-state index in [1.165, 1.54) is 0 Å². The minimum atomic E-state index is -1.41. The highest BCUT2D eigenvalue weighted by Crippen LogP contribution is 2.28. The summed E-state index contributed by atoms with van der Waals surface area (Å²) in [5, 5.41) is 2.03. The number of hydrogen-bond acceptors (Lipinski definition) is 2. The van der Waals surface area contributed by atoms with Gasteiger partial charge in [-0.1, -0.05) is 12.2 Å². The van der Waals surface area contributed by atoms with Crippen LogP contribution in [-0.2, 0) is 0 Å². The van der Waals surface area contributed by atoms with Gasteiger partial charge in [-0.15, -0.1) is 0 Å². The van der Waals surface area contributed by atoms with Gasteiger partial charge in [-0.05, 0) is 12.1 Å². The minimum absolute atomic E-state index is 0.340. The van der Waals surface area contributed by atoms with Crippen molar-refractivity contribution in [2.24, 2.45) is 5.73 Å². The molecule has 0 aliphatic heterocycles. The van der Waals surface area contributed by atoms with E-state index in [4.69, 9.17) is 5.73 Å². The Morgan fingerprint density at radius 2 is 1.52 bits per heavy atom. The monoisotopic (exact) mass is 318 g/mol. The fourth-order valence-electron chi connectivity index (χ4n) is 1.63. The summed E-state index contributed by atoms with van der Waals surface area (Å²) >= 11 is 4.53. The summed E-state index contributed by atoms with van der Waals surface area (Å²) in [5.74, 6) is -6.47. The first kappa shape index (κ1) is 15.2. The van der Waals surface area contributed by atoms with Crippen molar-refractivity contribution in [3.05, 3.63) is 58.9 Å². The Hall–Kier alpha value is -2.22. The second kappa shape index (κ2) is 5.65. The van der Waals surface area contributed by atoms with Crippen molar-refractivity contribution in [3.63, 3.8) is 0 Å². The van der Waals surface area contributed by atoms with Crippen LogP contribution in [-0.4, -0.2) is 4.99 Å². The molecule has 0 heterocycles. The van der Waals surface area contributed by atoms with Crippen LogP contribution in [0.2, 0.25) is 0 Å². The highest BCUT2D eigenvalue weighted by molar-refractivity contribution is 7.80. The molecule has 8 heteroatoms. The van der Waals surface area contributed by atoms with Gasteiger partial charge in [-0.2, -0.15) is 0 Å². The third-order valence-corrected chi connectivity index (χ3v) is 2.83. The Balaban J connectivity index is 2.46. The number of anilines is 2. The maximum Gasteiger partial charge on any atom is 0.182 e. The van der Waals surface area contributed by atoms with Crippen LogP contribution in [0.15, 0.2) is 24.3 Å². The van der Waals surface area contributed by atoms with E-state index in [1.54, 1.807) is 0 Å². The SMILES string of the molecule is NC(=S)c1ccc(Nc2c(F)cc(F)cc2F)c(F)c1F. The van der Waals surface area contributed by atoms with E-state index in [-0.39, 0.29) is 10.6 Å². The van der Waals surface area contributed by atoms with Crippen LogP contribution in [0.5, 0.6) is 0 Å². The summed E-state index contributed by atoms with van der Waals surface area (Å²) in [6, 6.07) is 2.88. The summed E-state index contributed by atoms with van der Waals surface area (Å²) in [6.07, 6.45) is 0. The second-order valence-electron chi connectivity index (χ2n) is 4.02. The number of hydrogen-bond donors (Lipinski definition) is 2. The molecule has 21 heavy (non-hydrogen) atoms. The summed E-state index contributed by atoms with van der Waals surface area (Å²) in [4.78, 5) is -0.364. The van der Waals surface area contributed by atoms with Gasteiger partial charge in [0.25, 0.3) is 0 Å². The van der Waals surface area contributed by atoms with Crippen molar-refractivity contribution in [2.75, 3.05) is 5.32 Å². The van der Waals surface area contributed by atoms with Crippen LogP contribution < -0.4 is 11.1 Å². The first-order valence-corrected chi connectivity index (χ1v) is 5.91. The van der Waals surface area contributed by atoms with Gasteiger partial charge >= 0.3 is 0 Å². The Morgan fingerprint density at radius 1 is 0.952 bits per heavy atom. The van der Waals surface area contributed by atoms with E-state index in [1.807, 2.05) is 5.32 Å². The molecule has 0 bridgehead atoms. The summed E-state index contributed by atoms with van der Waals surface area (Å²) < 4.78 is 67.1. The highest BCUT2D eigenvalue weighted by atomic mass is 32.1. The Morgan fingerprint density at radius 3 is 2.05 bits per heavy atom. The van der Waals surface area contributed by atoms with Gasteiger partial charge in [0.15, 0.2) is 23.3 Å². The van der Waals surface area contributed by atoms with E-state index in [9.17, 15) is 22.0 Å². The van der Waals surface area contributed by atoms with Gasteiger partial charge in [0.1, 0.15) is 16.5 Å². The van der Waals surface area contributed by atoms with Gasteiger partial charge in [0.05, 0.1) is 5.69 Å². The molecule has 0 fully saturated rings. The quantitative estimate of drug-likeness (QED) is 0.668. The molecular formula is C13H7F5N2S. The Labute approximate surface area is 121 Å². The molecule has 0 aliphatic rings. The normalized spacial score (nSPS) is 10.5. The molecule has 0 spiro atoms. The third kappa shape index (κ3) is 2.94. The van der Waals surface area contributed by atoms with Crippen molar-refractivity contribution in [1.29, 1.82) is 0 Å². The molecule has 0 aliphatic carbocycles. The predicted molar refractivity (Wildman–Crippen MR) is 71.8 cm³/mol. The first-order valence-electron chi connectivity index (χ1n) is 5.50. The van der Waals surface area contributed by atoms with E-state index in [2.05, 4.69) is 12.2 Å². The highest BCUT2D eigenvalue weighted by Gasteiger charge is 2.18. The zero-order chi connectivity index (χ0) is 15.7. The van der Waals surface area contributed by atoms with Crippen LogP contribution in [0.3, 0.4) is 0 Å². The van der Waals surface area contributed by atoms with Crippen LogP contribution in [0.25, 0.3) is 0 Å². The summed E-state index contributed by atoms with van der Waals surface area (Å²) in [6.45, 7) is 0. The molecule has 0 saturated carbocycles. The van der Waals surface area contributed by atoms with Crippen molar-refractivity contribution >= 4 is 28.6 Å². The molecule has 0 aromatic heterocycles. The van der Waals surface area contributed by atoms with E-state index < -0.39 is 40.5 Å². The molecule has 0 radical (unpaired) electrons. The smallest absolute Gasteiger partial charge is 0.182 e. The standard InChI is InChI=1S/C13H7F5N2S/c14-5-3-7(15)12(8(16)4-5)20-9-2-1-6(13(19)21)10(17)11(9)18/h1-4,20H,(H2,19,21). The fourth-order valence-corrected chi connectivity index (χ4v) is 1.79. The molecule has 3 N–H and O–H groups in total. The fraction of sp³-hybridized carbons (Fsp3) is 0. The number of halogens is 5. The number of benzene rings is 2. The average Bonchev–Trinajstić information content (AvgIpc) is 2.38. The number of rotatable bonds is 3. The van der Waals surface area contributed by atoms with Gasteiger partial charge < -0.3 is 11.1 Å². The number of thiocarbonyl (C=S) groups is 1. The molecule has 2 aromatic rings. The van der Waals surface area contributed by atoms with Crippen molar-refractivity contribution in [2.45, 2.75) is 0 Å². The van der Waals surface area contributed by atoms with E-state index in [0.717, 1.165) is 12.1 Å². The largest absolute Gasteiger partial charge is 0.389 e. The van der Waals surface area contributed by atoms with E-state index >= 15 is 0 Å². The molecule has 2 nitrogen and oxygen atoms in total. The minimum Gasteiger partial charge on any atom is -0.389 e. The molecule has 0 amide bonds. The lowest BCUT2D eigenvalue weighted by Gasteiger charge is -2.11. The van der Waals surface area contributed by atoms with Crippen LogP contribution in [0.4, 0.5) is 33.3 Å². The Bertz CT molecular complexity index is 710. The van der Waals surface area contributed by atoms with Gasteiger partial charge in [-0.3, -0.25) is 0 Å². The number of nitrogens with two attached hydrogens (primary N) is 1. The van der Waals surface area contributed by atoms with Gasteiger partial charge in [0.2, 0.25) is 0 Å². The molecule has 2 aromatic carbocycles. The third-order valence-electron chi connectivity index (χ3n) is 2.61. The molecular weight excluding hydrogens is 311 g/mol. The molecule has 0 unspecified atom stereocenters. The Kier molecular flexibility index (Phi) is 4.08. The van der Waals surface area contributed by atoms with Crippen molar-refractivity contribution < 1.29 is 22.0 Å². The van der Waals surface area contributed by atoms with Gasteiger partial charge in [0, 0.05) is 17.7 Å². The lowest BCUT2D eigenvalue weighted by molar-refractivity contribution is 0.509. The second-order valence-corrected chi connectivity index (χ2v) is 4.46. The molecule has 110 valence electrons. The van der Waals surface area contributed by atoms with Crippen LogP contribution in [0, 0.1) is 29.1 Å². The van der Waals surface area contributed by atoms with Crippen molar-refractivity contribution in [3.8, 4) is 0 Å². The summed E-state index contributed by atoms with van der Waals surface area (Å²) in [5.41, 5.74) is 3.50. The maximum atomic E-state index is 13.8. The zero-order valence-electron chi connectivity index (χ0n) is 10.2. The average molecular weight is 318 g/mol. The van der Waals surface area contributed by atoms with Gasteiger partial charge in [-0.25, -0.2) is 22.0 Å². The lowest BCUT2D eigenvalue weighted by Crippen LogP contribution is -2.13. The van der Waals surface area contributed by atoms with Crippen molar-refractivity contribution in [1.82, 2.24) is 0 Å². The lowest BCUT2D eigenvalue weighted by atomic mass is 10.1. The molecule has 0 saturated heterocycles. The summed E-state index contributed by atoms with van der Waals surface area (Å²) in [7, 11) is 0. The van der Waals surface area contributed by atoms with E-state index in [0.29, 0.717) is 12.1 Å². The maximum absolute atomic E-state index is 13.8. The zero-order valence-corrected chi connectivity index (χ0v) is 11.0. The predicted octanol–water partition coefficient (Wildman–Crippen LogP) is 3.76. The van der Waals surface area contributed by atoms with Crippen LogP contribution >= 0.6 is 12.2 Å². The molecule has 0 atom stereocenters. The first-order chi connectivity index (χ1) is 9.81. The van der Waals surface area contributed by atoms with Crippen LogP contribution in [0.1, 0.15) is 5.56 Å². The number of nitrogens with one attached hydrogen (secondary N) is 1.